The maximum atomic E-state index is 13.3. The summed E-state index contributed by atoms with van der Waals surface area (Å²) < 4.78 is 5.30. The van der Waals surface area contributed by atoms with Gasteiger partial charge in [0.15, 0.2) is 11.4 Å². The molecule has 33 heavy (non-hydrogen) atoms. The fraction of sp³-hybridized carbons (Fsp3) is 0.364. The minimum Gasteiger partial charge on any atom is -0.509 e. The Morgan fingerprint density at radius 1 is 1.21 bits per heavy atom. The van der Waals surface area contributed by atoms with E-state index >= 15 is 0 Å². The first-order chi connectivity index (χ1) is 15.4. The number of phenols is 1. The van der Waals surface area contributed by atoms with Crippen LogP contribution in [0.3, 0.4) is 0 Å². The number of aliphatic hydroxyl groups is 3. The molecule has 0 bridgehead atoms. The lowest BCUT2D eigenvalue weighted by Crippen LogP contribution is -2.64. The zero-order chi connectivity index (χ0) is 24.4. The second kappa shape index (κ2) is 7.34. The van der Waals surface area contributed by atoms with Gasteiger partial charge in [-0.2, -0.15) is 0 Å². The van der Waals surface area contributed by atoms with E-state index in [0.717, 1.165) is 6.92 Å². The van der Waals surface area contributed by atoms with Crippen molar-refractivity contribution >= 4 is 23.4 Å². The minimum atomic E-state index is -2.81. The van der Waals surface area contributed by atoms with Crippen molar-refractivity contribution in [3.05, 3.63) is 45.9 Å². The molecule has 2 amide bonds. The Kier molecular flexibility index (Phi) is 4.97. The van der Waals surface area contributed by atoms with Crippen molar-refractivity contribution in [2.45, 2.75) is 31.4 Å². The fourth-order valence-corrected chi connectivity index (χ4v) is 5.22. The van der Waals surface area contributed by atoms with E-state index in [4.69, 9.17) is 10.5 Å². The Morgan fingerprint density at radius 2 is 1.88 bits per heavy atom. The van der Waals surface area contributed by atoms with E-state index in [9.17, 15) is 39.6 Å². The van der Waals surface area contributed by atoms with Crippen LogP contribution in [0.2, 0.25) is 0 Å². The highest BCUT2D eigenvalue weighted by Gasteiger charge is 2.63. The number of nitrogens with one attached hydrogen (secondary N) is 1. The number of phenolic OH excluding ortho intramolecular Hbond substituents is 1. The second-order valence-electron chi connectivity index (χ2n) is 8.37. The van der Waals surface area contributed by atoms with Gasteiger partial charge in [-0.05, 0) is 30.9 Å². The number of ether oxygens (including phenoxy) is 1. The summed E-state index contributed by atoms with van der Waals surface area (Å²) in [5, 5.41) is 45.8. The first-order valence-corrected chi connectivity index (χ1v) is 10.1. The number of allylic oxidation sites excluding steroid dienone is 1. The third kappa shape index (κ3) is 2.92. The summed E-state index contributed by atoms with van der Waals surface area (Å²) in [6.07, 6.45) is -0.0363. The van der Waals surface area contributed by atoms with Gasteiger partial charge in [0.1, 0.15) is 28.6 Å². The Morgan fingerprint density at radius 3 is 2.45 bits per heavy atom. The molecular weight excluding hydrogens is 436 g/mol. The van der Waals surface area contributed by atoms with Gasteiger partial charge in [-0.25, -0.2) is 0 Å². The molecule has 0 saturated heterocycles. The smallest absolute Gasteiger partial charge is 0.255 e. The summed E-state index contributed by atoms with van der Waals surface area (Å²) in [7, 11) is 1.39. The van der Waals surface area contributed by atoms with E-state index in [0.29, 0.717) is 11.3 Å². The van der Waals surface area contributed by atoms with Crippen LogP contribution in [-0.4, -0.2) is 62.6 Å². The number of nitrogens with two attached hydrogens (primary N) is 1. The number of ketones is 2. The SMILES string of the molecule is COc1ccc(O)c2c1C[C@H]1C[C@H]3[C@H](NC(C)=O)C(O)=C(C(N)=O)C(=O)[C@@]3(O)C(O)=C1C2=O. The molecule has 174 valence electrons. The topological polar surface area (TPSA) is 196 Å². The minimum absolute atomic E-state index is 0.0960. The van der Waals surface area contributed by atoms with Gasteiger partial charge in [-0.3, -0.25) is 19.2 Å². The van der Waals surface area contributed by atoms with Crippen LogP contribution in [0.1, 0.15) is 29.3 Å². The predicted molar refractivity (Wildman–Crippen MR) is 110 cm³/mol. The first-order valence-electron chi connectivity index (χ1n) is 10.1. The average molecular weight is 458 g/mol. The maximum Gasteiger partial charge on any atom is 0.255 e. The Hall–Kier alpha value is -3.86. The van der Waals surface area contributed by atoms with Gasteiger partial charge in [0.2, 0.25) is 11.7 Å². The van der Waals surface area contributed by atoms with Crippen LogP contribution in [-0.2, 0) is 20.8 Å². The molecule has 1 aromatic carbocycles. The fourth-order valence-electron chi connectivity index (χ4n) is 5.22. The number of carbonyl (C=O) groups excluding carboxylic acids is 4. The molecule has 0 heterocycles. The molecule has 11 nitrogen and oxygen atoms in total. The van der Waals surface area contributed by atoms with E-state index in [1.54, 1.807) is 0 Å². The number of hydrogen-bond acceptors (Lipinski definition) is 9. The van der Waals surface area contributed by atoms with Gasteiger partial charge in [0, 0.05) is 24.0 Å². The number of benzene rings is 1. The van der Waals surface area contributed by atoms with Gasteiger partial charge in [0.05, 0.1) is 18.7 Å². The van der Waals surface area contributed by atoms with Crippen LogP contribution >= 0.6 is 0 Å². The van der Waals surface area contributed by atoms with Crippen LogP contribution in [0.25, 0.3) is 0 Å². The van der Waals surface area contributed by atoms with Crippen molar-refractivity contribution in [3.63, 3.8) is 0 Å². The van der Waals surface area contributed by atoms with Crippen LogP contribution in [0.4, 0.5) is 0 Å². The zero-order valence-electron chi connectivity index (χ0n) is 17.7. The van der Waals surface area contributed by atoms with E-state index < -0.39 is 64.0 Å². The lowest BCUT2D eigenvalue weighted by molar-refractivity contribution is -0.147. The molecule has 3 aliphatic rings. The summed E-state index contributed by atoms with van der Waals surface area (Å²) >= 11 is 0. The van der Waals surface area contributed by atoms with Gasteiger partial charge >= 0.3 is 0 Å². The highest BCUT2D eigenvalue weighted by Crippen LogP contribution is 2.52. The maximum absolute atomic E-state index is 13.3. The highest BCUT2D eigenvalue weighted by molar-refractivity contribution is 6.24. The Balaban J connectivity index is 1.96. The molecule has 0 unspecified atom stereocenters. The number of amides is 2. The summed E-state index contributed by atoms with van der Waals surface area (Å²) in [6, 6.07) is 1.30. The van der Waals surface area contributed by atoms with Crippen LogP contribution in [0, 0.1) is 11.8 Å². The van der Waals surface area contributed by atoms with E-state index in [1.165, 1.54) is 19.2 Å². The molecule has 0 aliphatic heterocycles. The van der Waals surface area contributed by atoms with Gasteiger partial charge < -0.3 is 36.2 Å². The number of Topliss-reactive ketones (excluding diaryl/α,β-unsaturated/α-hetero) is 2. The predicted octanol–water partition coefficient (Wildman–Crippen LogP) is -0.296. The van der Waals surface area contributed by atoms with Gasteiger partial charge in [-0.15, -0.1) is 0 Å². The number of methoxy groups -OCH3 is 1. The van der Waals surface area contributed by atoms with Crippen molar-refractivity contribution in [3.8, 4) is 11.5 Å². The molecule has 7 N–H and O–H groups in total. The van der Waals surface area contributed by atoms with Crippen molar-refractivity contribution in [2.24, 2.45) is 17.6 Å². The van der Waals surface area contributed by atoms with E-state index in [1.807, 2.05) is 0 Å². The molecule has 0 spiro atoms. The number of aliphatic hydroxyl groups excluding tert-OH is 2. The normalized spacial score (nSPS) is 28.6. The van der Waals surface area contributed by atoms with Crippen LogP contribution in [0.15, 0.2) is 34.8 Å². The number of aromatic hydroxyl groups is 1. The molecule has 3 aliphatic carbocycles. The Bertz CT molecular complexity index is 1200. The van der Waals surface area contributed by atoms with E-state index in [-0.39, 0.29) is 29.7 Å². The van der Waals surface area contributed by atoms with Crippen molar-refractivity contribution < 1.29 is 44.3 Å². The van der Waals surface area contributed by atoms with Crippen LogP contribution in [0.5, 0.6) is 11.5 Å². The monoisotopic (exact) mass is 458 g/mol. The summed E-state index contributed by atoms with van der Waals surface area (Å²) in [4.78, 5) is 50.1. The van der Waals surface area contributed by atoms with Crippen molar-refractivity contribution in [2.75, 3.05) is 7.11 Å². The van der Waals surface area contributed by atoms with Crippen LogP contribution < -0.4 is 15.8 Å². The quantitative estimate of drug-likeness (QED) is 0.329. The Labute approximate surface area is 187 Å². The largest absolute Gasteiger partial charge is 0.509 e. The third-order valence-corrected chi connectivity index (χ3v) is 6.62. The molecule has 4 atom stereocenters. The molecule has 0 saturated carbocycles. The molecule has 1 aromatic rings. The molecule has 11 heteroatoms. The highest BCUT2D eigenvalue weighted by atomic mass is 16.5. The molecule has 0 radical (unpaired) electrons. The third-order valence-electron chi connectivity index (χ3n) is 6.62. The van der Waals surface area contributed by atoms with E-state index in [2.05, 4.69) is 5.32 Å². The average Bonchev–Trinajstić information content (AvgIpc) is 2.73. The number of fused-ring (bicyclic) bond motifs is 3. The van der Waals surface area contributed by atoms with Gasteiger partial charge in [0.25, 0.3) is 5.91 Å². The summed E-state index contributed by atoms with van der Waals surface area (Å²) in [5.74, 6) is -8.15. The lowest BCUT2D eigenvalue weighted by Gasteiger charge is -2.48. The zero-order valence-corrected chi connectivity index (χ0v) is 17.7. The number of hydrogen-bond donors (Lipinski definition) is 6. The summed E-state index contributed by atoms with van der Waals surface area (Å²) in [6.45, 7) is 1.13. The van der Waals surface area contributed by atoms with Gasteiger partial charge in [-0.1, -0.05) is 0 Å². The molecular formula is C22H22N2O9. The number of rotatable bonds is 3. The standard InChI is InChI=1S/C22H22N2O9/c1-7(25)24-16-10-6-8-5-9-12(33-2)4-3-11(26)14(9)17(27)13(8)19(29)22(10,32)20(30)15(18(16)28)21(23)31/h3-4,8,10,16,26,28-29,32H,5-6H2,1-2H3,(H2,23,31)(H,24,25)/t8-,10-,16-,22-/m0/s1. The van der Waals surface area contributed by atoms with Crippen molar-refractivity contribution in [1.29, 1.82) is 0 Å². The lowest BCUT2D eigenvalue weighted by atomic mass is 9.58. The van der Waals surface area contributed by atoms with Crippen molar-refractivity contribution in [1.82, 2.24) is 5.32 Å². The number of carbonyl (C=O) groups is 4. The molecule has 0 aromatic heterocycles. The first kappa shape index (κ1) is 22.3. The summed E-state index contributed by atoms with van der Waals surface area (Å²) in [5.41, 5.74) is 1.38. The number of primary amides is 1. The second-order valence-corrected chi connectivity index (χ2v) is 8.37. The molecule has 0 fully saturated rings. The molecule has 4 rings (SSSR count).